The summed E-state index contributed by atoms with van der Waals surface area (Å²) < 4.78 is 46.9. The minimum atomic E-state index is -3.68. The van der Waals surface area contributed by atoms with Crippen LogP contribution >= 0.6 is 0 Å². The monoisotopic (exact) mass is 362 g/mol. The van der Waals surface area contributed by atoms with Crippen molar-refractivity contribution in [3.05, 3.63) is 65.0 Å². The Balaban J connectivity index is 1.72. The van der Waals surface area contributed by atoms with E-state index in [-0.39, 0.29) is 10.7 Å². The Morgan fingerprint density at radius 2 is 1.96 bits per heavy atom. The number of ether oxygens (including phenoxy) is 1. The summed E-state index contributed by atoms with van der Waals surface area (Å²) in [6.45, 7) is 2.33. The van der Waals surface area contributed by atoms with E-state index in [0.29, 0.717) is 38.4 Å². The molecule has 0 aromatic heterocycles. The second kappa shape index (κ2) is 6.49. The lowest BCUT2D eigenvalue weighted by atomic mass is 10.1. The van der Waals surface area contributed by atoms with Crippen LogP contribution in [0.15, 0.2) is 47.4 Å². The molecule has 1 N–H and O–H groups in total. The van der Waals surface area contributed by atoms with Crippen molar-refractivity contribution < 1.29 is 17.5 Å². The zero-order valence-electron chi connectivity index (χ0n) is 13.6. The molecule has 7 heteroatoms. The van der Waals surface area contributed by atoms with Crippen LogP contribution in [-0.4, -0.2) is 32.4 Å². The highest BCUT2D eigenvalue weighted by atomic mass is 32.2. The van der Waals surface area contributed by atoms with Gasteiger partial charge in [0.25, 0.3) is 0 Å². The van der Waals surface area contributed by atoms with E-state index >= 15 is 0 Å². The number of hydrogen-bond donors (Lipinski definition) is 1. The summed E-state index contributed by atoms with van der Waals surface area (Å²) in [7, 11) is -3.68. The Morgan fingerprint density at radius 1 is 1.12 bits per heavy atom. The van der Waals surface area contributed by atoms with E-state index in [4.69, 9.17) is 4.74 Å². The minimum Gasteiger partial charge on any atom is -0.372 e. The number of sulfonamides is 1. The highest BCUT2D eigenvalue weighted by molar-refractivity contribution is 7.89. The summed E-state index contributed by atoms with van der Waals surface area (Å²) in [5.74, 6) is -0.366. The molecule has 1 unspecified atom stereocenters. The average molecular weight is 362 g/mol. The van der Waals surface area contributed by atoms with Crippen LogP contribution in [0.5, 0.6) is 0 Å². The first-order valence-electron chi connectivity index (χ1n) is 8.23. The summed E-state index contributed by atoms with van der Waals surface area (Å²) >= 11 is 0. The van der Waals surface area contributed by atoms with Gasteiger partial charge in [0.15, 0.2) is 0 Å². The topological polar surface area (TPSA) is 58.6 Å². The summed E-state index contributed by atoms with van der Waals surface area (Å²) in [6, 6.07) is 10.8. The number of nitrogens with one attached hydrogen (secondary N) is 1. The average Bonchev–Trinajstić information content (AvgIpc) is 3.09. The highest BCUT2D eigenvalue weighted by Crippen LogP contribution is 2.31. The van der Waals surface area contributed by atoms with E-state index in [1.165, 1.54) is 16.4 Å². The molecule has 5 nitrogen and oxygen atoms in total. The van der Waals surface area contributed by atoms with Gasteiger partial charge in [-0.3, -0.25) is 0 Å². The van der Waals surface area contributed by atoms with Crippen molar-refractivity contribution in [1.82, 2.24) is 9.62 Å². The van der Waals surface area contributed by atoms with E-state index in [0.717, 1.165) is 11.1 Å². The molecule has 132 valence electrons. The summed E-state index contributed by atoms with van der Waals surface area (Å²) in [5, 5.41) is 3.20. The Kier molecular flexibility index (Phi) is 4.33. The fraction of sp³-hybridized carbons (Fsp3) is 0.333. The second-order valence-corrected chi connectivity index (χ2v) is 8.20. The zero-order valence-corrected chi connectivity index (χ0v) is 14.4. The van der Waals surface area contributed by atoms with Crippen molar-refractivity contribution in [2.24, 2.45) is 0 Å². The summed E-state index contributed by atoms with van der Waals surface area (Å²) in [5.41, 5.74) is 2.60. The molecule has 25 heavy (non-hydrogen) atoms. The molecule has 2 aliphatic rings. The lowest BCUT2D eigenvalue weighted by molar-refractivity contribution is 0.134. The standard InChI is InChI=1S/C18H19FN2O3S/c19-16-3-1-2-13(8-16)18-10-20-6-7-21(18)25(22,23)17-5-4-14-11-24-12-15(14)9-17/h1-5,8-9,18,20H,6-7,10-12H2. The third-order valence-corrected chi connectivity index (χ3v) is 6.63. The van der Waals surface area contributed by atoms with Gasteiger partial charge in [-0.1, -0.05) is 18.2 Å². The zero-order chi connectivity index (χ0) is 17.4. The van der Waals surface area contributed by atoms with Crippen LogP contribution in [0.2, 0.25) is 0 Å². The van der Waals surface area contributed by atoms with E-state index < -0.39 is 16.1 Å². The fourth-order valence-corrected chi connectivity index (χ4v) is 5.08. The minimum absolute atomic E-state index is 0.264. The number of fused-ring (bicyclic) bond motifs is 1. The van der Waals surface area contributed by atoms with E-state index in [2.05, 4.69) is 5.32 Å². The van der Waals surface area contributed by atoms with Gasteiger partial charge in [-0.25, -0.2) is 12.8 Å². The maximum absolute atomic E-state index is 13.6. The van der Waals surface area contributed by atoms with Gasteiger partial charge in [0.2, 0.25) is 10.0 Å². The van der Waals surface area contributed by atoms with E-state index in [1.54, 1.807) is 24.3 Å². The van der Waals surface area contributed by atoms with Crippen LogP contribution in [-0.2, 0) is 28.0 Å². The molecule has 4 rings (SSSR count). The molecular weight excluding hydrogens is 343 g/mol. The molecule has 0 saturated carbocycles. The van der Waals surface area contributed by atoms with Crippen molar-refractivity contribution in [2.45, 2.75) is 24.2 Å². The number of rotatable bonds is 3. The van der Waals surface area contributed by atoms with Gasteiger partial charge in [0.05, 0.1) is 24.2 Å². The van der Waals surface area contributed by atoms with Crippen LogP contribution in [0.1, 0.15) is 22.7 Å². The summed E-state index contributed by atoms with van der Waals surface area (Å²) in [4.78, 5) is 0.264. The lowest BCUT2D eigenvalue weighted by Crippen LogP contribution is -2.48. The van der Waals surface area contributed by atoms with Crippen LogP contribution in [0, 0.1) is 5.82 Å². The Bertz CT molecular complexity index is 901. The molecule has 0 radical (unpaired) electrons. The van der Waals surface area contributed by atoms with Crippen molar-refractivity contribution in [2.75, 3.05) is 19.6 Å². The SMILES string of the molecule is O=S(=O)(c1ccc2c(c1)COC2)N1CCNCC1c1cccc(F)c1. The Labute approximate surface area is 146 Å². The van der Waals surface area contributed by atoms with Gasteiger partial charge in [0.1, 0.15) is 5.82 Å². The van der Waals surface area contributed by atoms with Gasteiger partial charge >= 0.3 is 0 Å². The molecule has 2 heterocycles. The number of hydrogen-bond acceptors (Lipinski definition) is 4. The van der Waals surface area contributed by atoms with Gasteiger partial charge < -0.3 is 10.1 Å². The first kappa shape index (κ1) is 16.7. The van der Waals surface area contributed by atoms with Crippen LogP contribution in [0.25, 0.3) is 0 Å². The smallest absolute Gasteiger partial charge is 0.243 e. The molecule has 1 atom stereocenters. The van der Waals surface area contributed by atoms with Crippen LogP contribution in [0.4, 0.5) is 4.39 Å². The van der Waals surface area contributed by atoms with Crippen LogP contribution < -0.4 is 5.32 Å². The van der Waals surface area contributed by atoms with Gasteiger partial charge in [-0.2, -0.15) is 4.31 Å². The Morgan fingerprint density at radius 3 is 2.80 bits per heavy atom. The predicted molar refractivity (Wildman–Crippen MR) is 90.8 cm³/mol. The molecule has 1 fully saturated rings. The fourth-order valence-electron chi connectivity index (χ4n) is 3.42. The van der Waals surface area contributed by atoms with E-state index in [1.807, 2.05) is 6.07 Å². The number of benzene rings is 2. The largest absolute Gasteiger partial charge is 0.372 e. The van der Waals surface area contributed by atoms with Crippen LogP contribution in [0.3, 0.4) is 0 Å². The second-order valence-electron chi connectivity index (χ2n) is 6.31. The predicted octanol–water partition coefficient (Wildman–Crippen LogP) is 2.19. The molecule has 1 saturated heterocycles. The van der Waals surface area contributed by atoms with Crippen molar-refractivity contribution in [3.63, 3.8) is 0 Å². The maximum Gasteiger partial charge on any atom is 0.243 e. The van der Waals surface area contributed by atoms with E-state index in [9.17, 15) is 12.8 Å². The Hall–Kier alpha value is -1.80. The van der Waals surface area contributed by atoms with Crippen molar-refractivity contribution >= 4 is 10.0 Å². The molecule has 2 aliphatic heterocycles. The lowest BCUT2D eigenvalue weighted by Gasteiger charge is -2.35. The maximum atomic E-state index is 13.6. The molecular formula is C18H19FN2O3S. The third-order valence-electron chi connectivity index (χ3n) is 4.73. The highest BCUT2D eigenvalue weighted by Gasteiger charge is 2.35. The van der Waals surface area contributed by atoms with Crippen molar-refractivity contribution in [3.8, 4) is 0 Å². The molecule has 0 aliphatic carbocycles. The molecule has 0 bridgehead atoms. The quantitative estimate of drug-likeness (QED) is 0.909. The first-order valence-corrected chi connectivity index (χ1v) is 9.67. The third kappa shape index (κ3) is 3.08. The van der Waals surface area contributed by atoms with Crippen molar-refractivity contribution in [1.29, 1.82) is 0 Å². The molecule has 0 spiro atoms. The first-order chi connectivity index (χ1) is 12.1. The summed E-state index contributed by atoms with van der Waals surface area (Å²) in [6.07, 6.45) is 0. The van der Waals surface area contributed by atoms with Gasteiger partial charge in [-0.15, -0.1) is 0 Å². The molecule has 0 amide bonds. The molecule has 2 aromatic carbocycles. The van der Waals surface area contributed by atoms with Gasteiger partial charge in [-0.05, 0) is 41.0 Å². The number of piperazine rings is 1. The molecule has 2 aromatic rings. The number of halogens is 1. The normalized spacial score (nSPS) is 21.2. The number of nitrogens with zero attached hydrogens (tertiary/aromatic N) is 1. The van der Waals surface area contributed by atoms with Gasteiger partial charge in [0, 0.05) is 19.6 Å².